The first-order chi connectivity index (χ1) is 1.73. The van der Waals surface area contributed by atoms with Crippen LogP contribution in [0.25, 0.3) is 0 Å². The molecule has 0 N–H and O–H groups in total. The van der Waals surface area contributed by atoms with Gasteiger partial charge in [-0.25, -0.2) is 0 Å². The van der Waals surface area contributed by atoms with Gasteiger partial charge in [0.2, 0.25) is 0 Å². The molecule has 0 rings (SSSR count). The standard InChI is InChI=1S/CHCl3.Mn/c2-1(3)4;/h1H;/q;+4. The van der Waals surface area contributed by atoms with E-state index >= 15 is 0 Å². The molecule has 0 aliphatic rings. The van der Waals surface area contributed by atoms with Crippen molar-refractivity contribution in [2.45, 2.75) is 4.30 Å². The molecule has 0 aromatic carbocycles. The van der Waals surface area contributed by atoms with E-state index in [9.17, 15) is 0 Å². The summed E-state index contributed by atoms with van der Waals surface area (Å²) < 4.78 is -0.750. The maximum atomic E-state index is 4.81. The van der Waals surface area contributed by atoms with Crippen molar-refractivity contribution in [1.29, 1.82) is 0 Å². The van der Waals surface area contributed by atoms with Crippen molar-refractivity contribution in [2.75, 3.05) is 0 Å². The van der Waals surface area contributed by atoms with Gasteiger partial charge >= 0.3 is 17.1 Å². The van der Waals surface area contributed by atoms with Crippen LogP contribution in [0.2, 0.25) is 0 Å². The molecular formula is CHCl3Mn+4. The third kappa shape index (κ3) is 32.1. The van der Waals surface area contributed by atoms with E-state index < -0.39 is 4.30 Å². The van der Waals surface area contributed by atoms with E-state index in [1.54, 1.807) is 0 Å². The topological polar surface area (TPSA) is 0 Å². The largest absolute Gasteiger partial charge is 4.00 e. The van der Waals surface area contributed by atoms with Crippen LogP contribution in [0.5, 0.6) is 0 Å². The number of rotatable bonds is 0. The Morgan fingerprint density at radius 1 is 1.00 bits per heavy atom. The van der Waals surface area contributed by atoms with Crippen LogP contribution in [0, 0.1) is 0 Å². The van der Waals surface area contributed by atoms with Gasteiger partial charge in [0.1, 0.15) is 0 Å². The van der Waals surface area contributed by atoms with Gasteiger partial charge in [-0.05, 0) is 0 Å². The monoisotopic (exact) mass is 173 g/mol. The zero-order valence-electron chi connectivity index (χ0n) is 2.09. The van der Waals surface area contributed by atoms with Gasteiger partial charge in [-0.3, -0.25) is 0 Å². The van der Waals surface area contributed by atoms with Crippen molar-refractivity contribution in [3.8, 4) is 0 Å². The van der Waals surface area contributed by atoms with Gasteiger partial charge < -0.3 is 0 Å². The Morgan fingerprint density at radius 2 is 1.00 bits per heavy atom. The van der Waals surface area contributed by atoms with Crippen molar-refractivity contribution < 1.29 is 17.1 Å². The minimum absolute atomic E-state index is 0. The molecule has 0 saturated heterocycles. The van der Waals surface area contributed by atoms with Gasteiger partial charge in [0.25, 0.3) is 0 Å². The summed E-state index contributed by atoms with van der Waals surface area (Å²) in [4.78, 5) is 0. The third-order valence-electron chi connectivity index (χ3n) is 0. The molecule has 0 bridgehead atoms. The Kier molecular flexibility index (Phi) is 10.4. The Morgan fingerprint density at radius 3 is 1.00 bits per heavy atom. The van der Waals surface area contributed by atoms with Crippen LogP contribution < -0.4 is 0 Å². The van der Waals surface area contributed by atoms with Crippen LogP contribution in [0.15, 0.2) is 0 Å². The van der Waals surface area contributed by atoms with Crippen molar-refractivity contribution in [2.24, 2.45) is 0 Å². The van der Waals surface area contributed by atoms with Gasteiger partial charge in [-0.1, -0.05) is 34.8 Å². The van der Waals surface area contributed by atoms with Gasteiger partial charge in [-0.2, -0.15) is 0 Å². The van der Waals surface area contributed by atoms with Crippen LogP contribution in [-0.4, -0.2) is 4.30 Å². The van der Waals surface area contributed by atoms with E-state index in [0.717, 1.165) is 0 Å². The molecule has 0 heterocycles. The third-order valence-corrected chi connectivity index (χ3v) is 0. The van der Waals surface area contributed by atoms with E-state index in [0.29, 0.717) is 0 Å². The first-order valence-electron chi connectivity index (χ1n) is 0.655. The molecule has 0 aromatic heterocycles. The molecule has 0 aliphatic heterocycles. The van der Waals surface area contributed by atoms with Crippen molar-refractivity contribution in [3.05, 3.63) is 0 Å². The second-order valence-electron chi connectivity index (χ2n) is 0.247. The average Bonchev–Trinajstić information content (AvgIpc) is 0.811. The summed E-state index contributed by atoms with van der Waals surface area (Å²) in [6.45, 7) is 0. The van der Waals surface area contributed by atoms with Crippen LogP contribution in [0.3, 0.4) is 0 Å². The summed E-state index contributed by atoms with van der Waals surface area (Å²) in [5.41, 5.74) is 0. The normalized spacial score (nSPS) is 7.20. The average molecular weight is 174 g/mol. The first kappa shape index (κ1) is 9.63. The predicted octanol–water partition coefficient (Wildman–Crippen LogP) is 1.98. The Labute approximate surface area is 56.2 Å². The molecule has 0 aromatic rings. The van der Waals surface area contributed by atoms with E-state index in [-0.39, 0.29) is 17.1 Å². The number of hydrogen-bond donors (Lipinski definition) is 0. The molecule has 0 nitrogen and oxygen atoms in total. The maximum absolute atomic E-state index is 4.81. The number of halogens is 3. The molecule has 0 amide bonds. The SMILES string of the molecule is ClC(Cl)Cl.[Mn+4]. The fraction of sp³-hybridized carbons (Fsp3) is 1.00. The summed E-state index contributed by atoms with van der Waals surface area (Å²) >= 11 is 14.4. The molecule has 5 heavy (non-hydrogen) atoms. The molecule has 0 atom stereocenters. The fourth-order valence-corrected chi connectivity index (χ4v) is 0. The van der Waals surface area contributed by atoms with E-state index in [1.807, 2.05) is 0 Å². The van der Waals surface area contributed by atoms with E-state index in [1.165, 1.54) is 0 Å². The van der Waals surface area contributed by atoms with Crippen LogP contribution in [0.1, 0.15) is 0 Å². The molecule has 0 spiro atoms. The Hall–Kier alpha value is 1.39. The summed E-state index contributed by atoms with van der Waals surface area (Å²) in [6, 6.07) is 0. The summed E-state index contributed by atoms with van der Waals surface area (Å²) in [5.74, 6) is 0. The summed E-state index contributed by atoms with van der Waals surface area (Å²) in [5, 5.41) is 0. The molecule has 29 valence electrons. The first-order valence-corrected chi connectivity index (χ1v) is 1.96. The molecule has 1 radical (unpaired) electrons. The molecule has 0 unspecified atom stereocenters. The predicted molar refractivity (Wildman–Crippen MR) is 21.3 cm³/mol. The Bertz CT molecular complexity index is 11.6. The molecule has 0 fully saturated rings. The van der Waals surface area contributed by atoms with Crippen molar-refractivity contribution in [3.63, 3.8) is 0 Å². The second kappa shape index (κ2) is 5.39. The second-order valence-corrected chi connectivity index (χ2v) is 2.23. The van der Waals surface area contributed by atoms with Gasteiger partial charge in [0, 0.05) is 0 Å². The molecule has 0 aliphatic carbocycles. The van der Waals surface area contributed by atoms with Crippen molar-refractivity contribution in [1.82, 2.24) is 0 Å². The quantitative estimate of drug-likeness (QED) is 0.389. The van der Waals surface area contributed by atoms with Crippen LogP contribution in [0.4, 0.5) is 0 Å². The van der Waals surface area contributed by atoms with Gasteiger partial charge in [-0.15, -0.1) is 0 Å². The van der Waals surface area contributed by atoms with E-state index in [4.69, 9.17) is 34.8 Å². The number of hydrogen-bond acceptors (Lipinski definition) is 0. The zero-order chi connectivity index (χ0) is 3.58. The maximum Gasteiger partial charge on any atom is 4.00 e. The number of alkyl halides is 3. The van der Waals surface area contributed by atoms with E-state index in [2.05, 4.69) is 0 Å². The molecule has 0 saturated carbocycles. The molecular weight excluding hydrogens is 173 g/mol. The zero-order valence-corrected chi connectivity index (χ0v) is 5.54. The minimum Gasteiger partial charge on any atom is -0.0874 e. The summed E-state index contributed by atoms with van der Waals surface area (Å²) in [7, 11) is 0. The Balaban J connectivity index is 0. The van der Waals surface area contributed by atoms with Gasteiger partial charge in [0.05, 0.1) is 0 Å². The van der Waals surface area contributed by atoms with Crippen LogP contribution >= 0.6 is 34.8 Å². The smallest absolute Gasteiger partial charge is 0.0874 e. The molecule has 4 heteroatoms. The van der Waals surface area contributed by atoms with Crippen LogP contribution in [-0.2, 0) is 17.1 Å². The summed E-state index contributed by atoms with van der Waals surface area (Å²) in [6.07, 6.45) is 0. The van der Waals surface area contributed by atoms with Gasteiger partial charge in [0.15, 0.2) is 4.30 Å². The van der Waals surface area contributed by atoms with Crippen molar-refractivity contribution >= 4 is 34.8 Å². The minimum atomic E-state index is -0.750. The fourth-order valence-electron chi connectivity index (χ4n) is 0.